The van der Waals surface area contributed by atoms with E-state index in [4.69, 9.17) is 16.1 Å². The molecule has 9 heteroatoms. The minimum atomic E-state index is -0.551. The highest BCUT2D eigenvalue weighted by atomic mass is 35.5. The third-order valence-electron chi connectivity index (χ3n) is 3.39. The van der Waals surface area contributed by atoms with Crippen LogP contribution in [-0.4, -0.2) is 16.9 Å². The maximum absolute atomic E-state index is 13.1. The molecule has 0 aliphatic heterocycles. The summed E-state index contributed by atoms with van der Waals surface area (Å²) < 4.78 is 19.5. The first-order chi connectivity index (χ1) is 12.5. The van der Waals surface area contributed by atoms with Crippen LogP contribution in [0.3, 0.4) is 0 Å². The molecule has 3 rings (SSSR count). The van der Waals surface area contributed by atoms with Crippen LogP contribution in [-0.2, 0) is 4.79 Å². The van der Waals surface area contributed by atoms with Gasteiger partial charge in [0, 0.05) is 30.0 Å². The van der Waals surface area contributed by atoms with Crippen LogP contribution in [0.1, 0.15) is 6.42 Å². The van der Waals surface area contributed by atoms with Crippen molar-refractivity contribution < 1.29 is 18.4 Å². The molecule has 0 radical (unpaired) electrons. The van der Waals surface area contributed by atoms with E-state index in [2.05, 4.69) is 10.6 Å². The Hall–Kier alpha value is -2.58. The second-order valence-electron chi connectivity index (χ2n) is 5.23. The Bertz CT molecular complexity index is 975. The highest BCUT2D eigenvalue weighted by Crippen LogP contribution is 2.20. The first kappa shape index (κ1) is 18.2. The monoisotopic (exact) mass is 394 g/mol. The van der Waals surface area contributed by atoms with Crippen LogP contribution in [0.15, 0.2) is 62.9 Å². The van der Waals surface area contributed by atoms with Gasteiger partial charge in [-0.25, -0.2) is 9.18 Å². The lowest BCUT2D eigenvalue weighted by atomic mass is 10.3. The number of H-pyrrole nitrogens is 1. The Morgan fingerprint density at radius 3 is 2.77 bits per heavy atom. The van der Waals surface area contributed by atoms with Crippen molar-refractivity contribution in [3.8, 4) is 5.69 Å². The molecule has 0 aliphatic carbocycles. The van der Waals surface area contributed by atoms with E-state index in [1.54, 1.807) is 0 Å². The number of benzene rings is 2. The fourth-order valence-electron chi connectivity index (χ4n) is 2.17. The molecule has 26 heavy (non-hydrogen) atoms. The van der Waals surface area contributed by atoms with E-state index in [0.29, 0.717) is 16.5 Å². The van der Waals surface area contributed by atoms with Gasteiger partial charge in [-0.05, 0) is 39.9 Å². The van der Waals surface area contributed by atoms with E-state index in [-0.39, 0.29) is 17.4 Å². The number of aromatic amines is 1. The number of nitrogens with one attached hydrogen (secondary N) is 2. The molecule has 0 aliphatic rings. The third kappa shape index (κ3) is 4.33. The molecule has 2 aromatic carbocycles. The van der Waals surface area contributed by atoms with Crippen molar-refractivity contribution in [2.75, 3.05) is 11.1 Å². The van der Waals surface area contributed by atoms with Gasteiger partial charge in [-0.1, -0.05) is 29.8 Å². The van der Waals surface area contributed by atoms with E-state index in [1.807, 2.05) is 30.3 Å². The molecular formula is C17H14ClFN3O3S+. The SMILES string of the molecule is O=C(CCSc1c(=O)o[nH][n+]1-c1ccccc1)Nc1ccc(F)c(Cl)c1. The average Bonchev–Trinajstić information content (AvgIpc) is 3.00. The number of rotatable bonds is 6. The summed E-state index contributed by atoms with van der Waals surface area (Å²) in [6.45, 7) is 0. The van der Waals surface area contributed by atoms with Gasteiger partial charge in [0.2, 0.25) is 11.6 Å². The molecule has 1 heterocycles. The topological polar surface area (TPSA) is 79.0 Å². The number of carbonyl (C=O) groups excluding carboxylic acids is 1. The van der Waals surface area contributed by atoms with Gasteiger partial charge in [0.15, 0.2) is 0 Å². The average molecular weight is 395 g/mol. The highest BCUT2D eigenvalue weighted by Gasteiger charge is 2.23. The van der Waals surface area contributed by atoms with Gasteiger partial charge in [0.25, 0.3) is 0 Å². The second kappa shape index (κ2) is 8.20. The summed E-state index contributed by atoms with van der Waals surface area (Å²) in [6, 6.07) is 13.1. The molecule has 0 saturated carbocycles. The van der Waals surface area contributed by atoms with Crippen molar-refractivity contribution in [1.82, 2.24) is 5.27 Å². The molecule has 0 atom stereocenters. The van der Waals surface area contributed by atoms with Gasteiger partial charge in [0.1, 0.15) is 5.82 Å². The number of para-hydroxylation sites is 1. The molecule has 0 saturated heterocycles. The summed E-state index contributed by atoms with van der Waals surface area (Å²) >= 11 is 6.88. The maximum atomic E-state index is 13.1. The van der Waals surface area contributed by atoms with Crippen LogP contribution < -0.4 is 15.6 Å². The van der Waals surface area contributed by atoms with Crippen LogP contribution in [0.2, 0.25) is 5.02 Å². The number of hydrogen-bond donors (Lipinski definition) is 2. The minimum absolute atomic E-state index is 0.0639. The van der Waals surface area contributed by atoms with Gasteiger partial charge < -0.3 is 5.32 Å². The van der Waals surface area contributed by atoms with Crippen LogP contribution in [0, 0.1) is 5.82 Å². The Balaban J connectivity index is 1.60. The first-order valence-electron chi connectivity index (χ1n) is 7.61. The zero-order valence-corrected chi connectivity index (χ0v) is 14.9. The third-order valence-corrected chi connectivity index (χ3v) is 4.71. The molecule has 3 aromatic rings. The van der Waals surface area contributed by atoms with Gasteiger partial charge in [0.05, 0.1) is 5.02 Å². The smallest absolute Gasteiger partial charge is 0.326 e. The summed E-state index contributed by atoms with van der Waals surface area (Å²) in [5.74, 6) is -0.466. The van der Waals surface area contributed by atoms with Crippen LogP contribution in [0.4, 0.5) is 10.1 Å². The molecule has 1 amide bonds. The molecule has 0 unspecified atom stereocenters. The molecule has 0 fully saturated rings. The molecule has 134 valence electrons. The van der Waals surface area contributed by atoms with Crippen LogP contribution in [0.5, 0.6) is 0 Å². The maximum Gasteiger partial charge on any atom is 0.442 e. The Labute approximate surface area is 156 Å². The van der Waals surface area contributed by atoms with Crippen molar-refractivity contribution in [3.05, 3.63) is 69.8 Å². The molecule has 6 nitrogen and oxygen atoms in total. The summed E-state index contributed by atoms with van der Waals surface area (Å²) in [4.78, 5) is 23.9. The van der Waals surface area contributed by atoms with Crippen molar-refractivity contribution in [2.24, 2.45) is 0 Å². The Morgan fingerprint density at radius 1 is 1.27 bits per heavy atom. The van der Waals surface area contributed by atoms with Crippen LogP contribution >= 0.6 is 23.4 Å². The lowest BCUT2D eigenvalue weighted by Crippen LogP contribution is -2.36. The second-order valence-corrected chi connectivity index (χ2v) is 6.72. The van der Waals surface area contributed by atoms with E-state index in [0.717, 1.165) is 5.69 Å². The summed E-state index contributed by atoms with van der Waals surface area (Å²) in [7, 11) is 0. The van der Waals surface area contributed by atoms with Gasteiger partial charge in [-0.2, -0.15) is 0 Å². The Morgan fingerprint density at radius 2 is 2.04 bits per heavy atom. The van der Waals surface area contributed by atoms with Gasteiger partial charge in [-0.15, -0.1) is 0 Å². The number of hydrogen-bond acceptors (Lipinski definition) is 4. The van der Waals surface area contributed by atoms with Gasteiger partial charge in [-0.3, -0.25) is 9.32 Å². The fraction of sp³-hybridized carbons (Fsp3) is 0.118. The van der Waals surface area contributed by atoms with Crippen molar-refractivity contribution in [2.45, 2.75) is 11.4 Å². The van der Waals surface area contributed by atoms with E-state index >= 15 is 0 Å². The van der Waals surface area contributed by atoms with Gasteiger partial charge >= 0.3 is 10.7 Å². The fourth-order valence-corrected chi connectivity index (χ4v) is 3.26. The van der Waals surface area contributed by atoms with E-state index < -0.39 is 11.4 Å². The number of nitrogens with zero attached hydrogens (tertiary/aromatic N) is 1. The summed E-state index contributed by atoms with van der Waals surface area (Å²) in [5, 5.41) is 5.45. The zero-order chi connectivity index (χ0) is 18.5. The predicted octanol–water partition coefficient (Wildman–Crippen LogP) is 3.16. The van der Waals surface area contributed by atoms with Crippen molar-refractivity contribution >= 4 is 35.0 Å². The Kier molecular flexibility index (Phi) is 5.75. The molecule has 1 aromatic heterocycles. The van der Waals surface area contributed by atoms with Crippen LogP contribution in [0.25, 0.3) is 5.69 Å². The predicted molar refractivity (Wildman–Crippen MR) is 96.2 cm³/mol. The zero-order valence-electron chi connectivity index (χ0n) is 13.4. The first-order valence-corrected chi connectivity index (χ1v) is 8.97. The van der Waals surface area contributed by atoms with Crippen molar-refractivity contribution in [1.29, 1.82) is 0 Å². The summed E-state index contributed by atoms with van der Waals surface area (Å²) in [5.41, 5.74) is 0.641. The summed E-state index contributed by atoms with van der Waals surface area (Å²) in [6.07, 6.45) is 0.152. The quantitative estimate of drug-likeness (QED) is 0.497. The molecular weight excluding hydrogens is 381 g/mol. The normalized spacial score (nSPS) is 10.7. The minimum Gasteiger partial charge on any atom is -0.326 e. The number of thioether (sulfide) groups is 1. The number of halogens is 2. The standard InChI is InChI=1S/C17H13ClFN3O3S/c18-13-10-11(6-7-14(13)19)20-15(23)8-9-26-16-17(24)25-21-22(16)12-4-2-1-3-5-12/h1-7,10H,8-9H2,(H-,20,21,23,24)/p+1. The number of carbonyl (C=O) groups is 1. The number of aromatic nitrogens is 2. The number of amides is 1. The largest absolute Gasteiger partial charge is 0.442 e. The lowest BCUT2D eigenvalue weighted by Gasteiger charge is -2.05. The van der Waals surface area contributed by atoms with E-state index in [9.17, 15) is 14.0 Å². The molecule has 0 bridgehead atoms. The molecule has 2 N–H and O–H groups in total. The molecule has 0 spiro atoms. The number of anilines is 1. The van der Waals surface area contributed by atoms with Crippen molar-refractivity contribution in [3.63, 3.8) is 0 Å². The highest BCUT2D eigenvalue weighted by molar-refractivity contribution is 7.99. The lowest BCUT2D eigenvalue weighted by molar-refractivity contribution is -0.704. The van der Waals surface area contributed by atoms with E-state index in [1.165, 1.54) is 34.6 Å².